The van der Waals surface area contributed by atoms with Crippen LogP contribution in [-0.2, 0) is 17.4 Å². The summed E-state index contributed by atoms with van der Waals surface area (Å²) in [6.45, 7) is 2.45. The summed E-state index contributed by atoms with van der Waals surface area (Å²) in [4.78, 5) is 24.7. The Labute approximate surface area is 143 Å². The number of urea groups is 1. The second-order valence-corrected chi connectivity index (χ2v) is 6.57. The van der Waals surface area contributed by atoms with E-state index < -0.39 is 23.1 Å². The van der Waals surface area contributed by atoms with Crippen LogP contribution in [0.4, 0.5) is 18.0 Å². The summed E-state index contributed by atoms with van der Waals surface area (Å²) < 4.78 is 37.9. The minimum atomic E-state index is -4.36. The molecule has 0 bridgehead atoms. The molecule has 0 radical (unpaired) electrons. The van der Waals surface area contributed by atoms with E-state index in [1.807, 2.05) is 0 Å². The van der Waals surface area contributed by atoms with Crippen LogP contribution in [0.3, 0.4) is 0 Å². The first kappa shape index (κ1) is 19.1. The SMILES string of the molecule is CC1(C(=O)O)CCN(C(=O)NCCCc2cccc(C(F)(F)F)c2)C1. The predicted molar refractivity (Wildman–Crippen MR) is 85.1 cm³/mol. The van der Waals surface area contributed by atoms with Gasteiger partial charge in [0.1, 0.15) is 0 Å². The van der Waals surface area contributed by atoms with Crippen LogP contribution in [0.15, 0.2) is 24.3 Å². The number of hydrogen-bond acceptors (Lipinski definition) is 2. The molecule has 25 heavy (non-hydrogen) atoms. The van der Waals surface area contributed by atoms with Gasteiger partial charge in [0.25, 0.3) is 0 Å². The maximum absolute atomic E-state index is 12.6. The molecule has 1 aliphatic rings. The van der Waals surface area contributed by atoms with E-state index in [1.54, 1.807) is 13.0 Å². The minimum absolute atomic E-state index is 0.155. The molecule has 5 nitrogen and oxygen atoms in total. The van der Waals surface area contributed by atoms with Crippen LogP contribution in [0.1, 0.15) is 30.9 Å². The van der Waals surface area contributed by atoms with Crippen molar-refractivity contribution >= 4 is 12.0 Å². The van der Waals surface area contributed by atoms with Crippen LogP contribution >= 0.6 is 0 Å². The summed E-state index contributed by atoms with van der Waals surface area (Å²) in [6, 6.07) is 4.79. The zero-order valence-electron chi connectivity index (χ0n) is 13.9. The lowest BCUT2D eigenvalue weighted by Gasteiger charge is -2.20. The largest absolute Gasteiger partial charge is 0.481 e. The lowest BCUT2D eigenvalue weighted by molar-refractivity contribution is -0.147. The van der Waals surface area contributed by atoms with Crippen LogP contribution in [0.2, 0.25) is 0 Å². The van der Waals surface area contributed by atoms with Crippen LogP contribution in [0.25, 0.3) is 0 Å². The van der Waals surface area contributed by atoms with Gasteiger partial charge in [0, 0.05) is 19.6 Å². The lowest BCUT2D eigenvalue weighted by atomic mass is 9.90. The van der Waals surface area contributed by atoms with Crippen molar-refractivity contribution in [2.45, 2.75) is 32.4 Å². The number of aliphatic carboxylic acids is 1. The maximum atomic E-state index is 12.6. The van der Waals surface area contributed by atoms with E-state index in [9.17, 15) is 22.8 Å². The summed E-state index contributed by atoms with van der Waals surface area (Å²) in [5, 5.41) is 11.8. The number of benzene rings is 1. The quantitative estimate of drug-likeness (QED) is 0.795. The number of carboxylic acids is 1. The standard InChI is InChI=1S/C17H21F3N2O3/c1-16(14(23)24)7-9-22(11-16)15(25)21-8-3-5-12-4-2-6-13(10-12)17(18,19)20/h2,4,6,10H,3,5,7-9,11H2,1H3,(H,21,25)(H,23,24). The third-order valence-corrected chi connectivity index (χ3v) is 4.45. The number of carbonyl (C=O) groups excluding carboxylic acids is 1. The van der Waals surface area contributed by atoms with Gasteiger partial charge in [-0.15, -0.1) is 0 Å². The monoisotopic (exact) mass is 358 g/mol. The molecule has 1 aromatic rings. The Morgan fingerprint density at radius 3 is 2.68 bits per heavy atom. The molecule has 0 spiro atoms. The van der Waals surface area contributed by atoms with Crippen molar-refractivity contribution in [3.63, 3.8) is 0 Å². The molecule has 1 saturated heterocycles. The second-order valence-electron chi connectivity index (χ2n) is 6.57. The fraction of sp³-hybridized carbons (Fsp3) is 0.529. The maximum Gasteiger partial charge on any atom is 0.416 e. The minimum Gasteiger partial charge on any atom is -0.481 e. The van der Waals surface area contributed by atoms with Crippen molar-refractivity contribution in [1.29, 1.82) is 0 Å². The van der Waals surface area contributed by atoms with E-state index >= 15 is 0 Å². The molecule has 1 aliphatic heterocycles. The van der Waals surface area contributed by atoms with E-state index in [4.69, 9.17) is 5.11 Å². The van der Waals surface area contributed by atoms with Crippen molar-refractivity contribution in [1.82, 2.24) is 10.2 Å². The zero-order valence-corrected chi connectivity index (χ0v) is 13.9. The van der Waals surface area contributed by atoms with Crippen molar-refractivity contribution < 1.29 is 27.9 Å². The Hall–Kier alpha value is -2.25. The molecule has 1 aromatic carbocycles. The lowest BCUT2D eigenvalue weighted by Crippen LogP contribution is -2.41. The highest BCUT2D eigenvalue weighted by atomic mass is 19.4. The fourth-order valence-electron chi connectivity index (χ4n) is 2.81. The average Bonchev–Trinajstić information content (AvgIpc) is 2.95. The van der Waals surface area contributed by atoms with Gasteiger partial charge in [-0.25, -0.2) is 4.79 Å². The summed E-state index contributed by atoms with van der Waals surface area (Å²) in [5.74, 6) is -0.924. The number of nitrogens with one attached hydrogen (secondary N) is 1. The van der Waals surface area contributed by atoms with Crippen LogP contribution in [-0.4, -0.2) is 41.6 Å². The molecule has 2 rings (SSSR count). The molecule has 1 heterocycles. The number of aryl methyl sites for hydroxylation is 1. The number of carbonyl (C=O) groups is 2. The molecule has 0 aromatic heterocycles. The highest BCUT2D eigenvalue weighted by Gasteiger charge is 2.42. The highest BCUT2D eigenvalue weighted by Crippen LogP contribution is 2.30. The van der Waals surface area contributed by atoms with Crippen molar-refractivity contribution in [3.05, 3.63) is 35.4 Å². The number of hydrogen-bond donors (Lipinski definition) is 2. The van der Waals surface area contributed by atoms with Gasteiger partial charge in [0.2, 0.25) is 0 Å². The number of amides is 2. The van der Waals surface area contributed by atoms with E-state index in [0.717, 1.165) is 12.1 Å². The smallest absolute Gasteiger partial charge is 0.416 e. The molecular formula is C17H21F3N2O3. The van der Waals surface area contributed by atoms with E-state index in [0.29, 0.717) is 37.9 Å². The highest BCUT2D eigenvalue weighted by molar-refractivity contribution is 5.79. The van der Waals surface area contributed by atoms with Crippen molar-refractivity contribution in [2.24, 2.45) is 5.41 Å². The molecule has 2 N–H and O–H groups in total. The predicted octanol–water partition coefficient (Wildman–Crippen LogP) is 3.14. The molecule has 138 valence electrons. The fourth-order valence-corrected chi connectivity index (χ4v) is 2.81. The molecule has 2 amide bonds. The first-order valence-corrected chi connectivity index (χ1v) is 8.04. The van der Waals surface area contributed by atoms with Gasteiger partial charge in [-0.2, -0.15) is 13.2 Å². The third-order valence-electron chi connectivity index (χ3n) is 4.45. The second kappa shape index (κ2) is 7.33. The van der Waals surface area contributed by atoms with Gasteiger partial charge in [-0.1, -0.05) is 18.2 Å². The first-order chi connectivity index (χ1) is 11.6. The van der Waals surface area contributed by atoms with Crippen molar-refractivity contribution in [2.75, 3.05) is 19.6 Å². The van der Waals surface area contributed by atoms with E-state index in [-0.39, 0.29) is 12.6 Å². The molecule has 8 heteroatoms. The van der Waals surface area contributed by atoms with Crippen LogP contribution in [0, 0.1) is 5.41 Å². The number of likely N-dealkylation sites (tertiary alicyclic amines) is 1. The van der Waals surface area contributed by atoms with Gasteiger partial charge in [0.15, 0.2) is 0 Å². The Bertz CT molecular complexity index is 648. The number of carboxylic acid groups (broad SMARTS) is 1. The van der Waals surface area contributed by atoms with Gasteiger partial charge in [-0.05, 0) is 37.8 Å². The summed E-state index contributed by atoms with van der Waals surface area (Å²) in [6.07, 6.45) is -3.05. The average molecular weight is 358 g/mol. The Morgan fingerprint density at radius 1 is 1.36 bits per heavy atom. The van der Waals surface area contributed by atoms with Gasteiger partial charge < -0.3 is 15.3 Å². The van der Waals surface area contributed by atoms with Gasteiger partial charge in [-0.3, -0.25) is 4.79 Å². The van der Waals surface area contributed by atoms with Crippen LogP contribution < -0.4 is 5.32 Å². The number of alkyl halides is 3. The normalized spacial score (nSPS) is 20.6. The Balaban J connectivity index is 1.77. The molecule has 1 fully saturated rings. The molecule has 1 atom stereocenters. The van der Waals surface area contributed by atoms with Crippen LogP contribution in [0.5, 0.6) is 0 Å². The van der Waals surface area contributed by atoms with Crippen molar-refractivity contribution in [3.8, 4) is 0 Å². The van der Waals surface area contributed by atoms with E-state index in [2.05, 4.69) is 5.32 Å². The Kier molecular flexibility index (Phi) is 5.59. The third kappa shape index (κ3) is 4.87. The molecule has 1 unspecified atom stereocenters. The number of halogens is 3. The van der Waals surface area contributed by atoms with E-state index in [1.165, 1.54) is 11.0 Å². The Morgan fingerprint density at radius 2 is 2.08 bits per heavy atom. The summed E-state index contributed by atoms with van der Waals surface area (Å²) in [5.41, 5.74) is -1.04. The van der Waals surface area contributed by atoms with Gasteiger partial charge >= 0.3 is 18.2 Å². The first-order valence-electron chi connectivity index (χ1n) is 8.04. The number of nitrogens with zero attached hydrogens (tertiary/aromatic N) is 1. The van der Waals surface area contributed by atoms with Gasteiger partial charge in [0.05, 0.1) is 11.0 Å². The number of rotatable bonds is 5. The molecule has 0 saturated carbocycles. The molecular weight excluding hydrogens is 337 g/mol. The summed E-state index contributed by atoms with van der Waals surface area (Å²) in [7, 11) is 0. The topological polar surface area (TPSA) is 69.6 Å². The summed E-state index contributed by atoms with van der Waals surface area (Å²) >= 11 is 0. The molecule has 0 aliphatic carbocycles. The zero-order chi connectivity index (χ0) is 18.7.